The number of phenols is 1. The van der Waals surface area contributed by atoms with Gasteiger partial charge in [0.2, 0.25) is 17.7 Å². The number of aromatic hydroxyl groups is 1. The first-order chi connectivity index (χ1) is 22.7. The molecule has 0 radical (unpaired) electrons. The van der Waals surface area contributed by atoms with Crippen LogP contribution in [0, 0.1) is 17.8 Å². The van der Waals surface area contributed by atoms with Crippen LogP contribution in [0.5, 0.6) is 11.5 Å². The predicted molar refractivity (Wildman–Crippen MR) is 176 cm³/mol. The molecule has 2 amide bonds. The first-order valence-electron chi connectivity index (χ1n) is 15.3. The molecule has 1 fully saturated rings. The number of carbonyl (C=O) groups excluding carboxylic acids is 4. The molecule has 234 valence electrons. The van der Waals surface area contributed by atoms with Gasteiger partial charge >= 0.3 is 0 Å². The summed E-state index contributed by atoms with van der Waals surface area (Å²) in [4.78, 5) is 61.1. The Balaban J connectivity index is 1.18. The van der Waals surface area contributed by atoms with Crippen LogP contribution in [0.2, 0.25) is 0 Å². The lowest BCUT2D eigenvalue weighted by molar-refractivity contribution is -0.123. The normalized spacial score (nSPS) is 23.9. The molecule has 4 aromatic rings. The number of halogens is 1. The molecule has 1 aliphatic heterocycles. The van der Waals surface area contributed by atoms with Crippen LogP contribution in [0.15, 0.2) is 104 Å². The number of rotatable bonds is 4. The van der Waals surface area contributed by atoms with Crippen LogP contribution < -0.4 is 9.64 Å². The van der Waals surface area contributed by atoms with Crippen LogP contribution in [0.3, 0.4) is 0 Å². The molecule has 1 aromatic heterocycles. The molecule has 2 heterocycles. The molecular formula is C37H27BrN2O7. The molecule has 9 nitrogen and oxygen atoms in total. The number of fused-ring (bicyclic) bond motifs is 4. The predicted octanol–water partition coefficient (Wildman–Crippen LogP) is 6.61. The molecule has 0 bridgehead atoms. The molecule has 47 heavy (non-hydrogen) atoms. The van der Waals surface area contributed by atoms with E-state index in [0.717, 1.165) is 11.1 Å². The second kappa shape index (κ2) is 10.7. The van der Waals surface area contributed by atoms with Crippen molar-refractivity contribution >= 4 is 56.1 Å². The minimum absolute atomic E-state index is 0.0908. The number of amides is 2. The Labute approximate surface area is 277 Å². The van der Waals surface area contributed by atoms with E-state index in [1.807, 2.05) is 30.3 Å². The number of para-hydroxylation sites is 2. The Morgan fingerprint density at radius 3 is 2.51 bits per heavy atom. The van der Waals surface area contributed by atoms with Gasteiger partial charge in [-0.25, -0.2) is 4.98 Å². The highest BCUT2D eigenvalue weighted by atomic mass is 79.9. The van der Waals surface area contributed by atoms with Crippen molar-refractivity contribution < 1.29 is 33.4 Å². The van der Waals surface area contributed by atoms with Crippen LogP contribution in [-0.2, 0) is 19.2 Å². The molecule has 10 heteroatoms. The van der Waals surface area contributed by atoms with Crippen molar-refractivity contribution in [1.82, 2.24) is 4.98 Å². The van der Waals surface area contributed by atoms with Gasteiger partial charge in [0.1, 0.15) is 5.52 Å². The Kier molecular flexibility index (Phi) is 6.70. The number of benzene rings is 3. The number of nitrogens with zero attached hydrogens (tertiary/aromatic N) is 2. The van der Waals surface area contributed by atoms with Crippen molar-refractivity contribution in [2.24, 2.45) is 17.8 Å². The average Bonchev–Trinajstić information content (AvgIpc) is 3.62. The topological polar surface area (TPSA) is 127 Å². The number of aromatic nitrogens is 1. The number of methoxy groups -OCH3 is 1. The molecule has 0 saturated carbocycles. The second-order valence-corrected chi connectivity index (χ2v) is 13.2. The zero-order chi connectivity index (χ0) is 32.7. The quantitative estimate of drug-likeness (QED) is 0.144. The van der Waals surface area contributed by atoms with Crippen LogP contribution in [0.1, 0.15) is 31.2 Å². The van der Waals surface area contributed by atoms with E-state index < -0.39 is 23.7 Å². The summed E-state index contributed by atoms with van der Waals surface area (Å²) in [5.74, 6) is -3.05. The van der Waals surface area contributed by atoms with E-state index in [1.54, 1.807) is 43.3 Å². The summed E-state index contributed by atoms with van der Waals surface area (Å²) in [5.41, 5.74) is 5.07. The number of Topliss-reactive ketones (excluding diaryl/α,β-unsaturated/α-hetero) is 1. The number of anilines is 1. The van der Waals surface area contributed by atoms with Crippen molar-refractivity contribution in [3.05, 3.63) is 105 Å². The largest absolute Gasteiger partial charge is 0.503 e. The van der Waals surface area contributed by atoms with E-state index in [9.17, 15) is 24.3 Å². The first-order valence-corrected chi connectivity index (χ1v) is 16.1. The average molecular weight is 692 g/mol. The van der Waals surface area contributed by atoms with Crippen molar-refractivity contribution in [2.45, 2.75) is 25.7 Å². The third-order valence-electron chi connectivity index (χ3n) is 9.84. The Bertz CT molecular complexity index is 2140. The maximum absolute atomic E-state index is 14.3. The van der Waals surface area contributed by atoms with E-state index in [4.69, 9.17) is 9.15 Å². The minimum atomic E-state index is -0.715. The van der Waals surface area contributed by atoms with Gasteiger partial charge in [-0.15, -0.1) is 0 Å². The second-order valence-electron chi connectivity index (χ2n) is 12.3. The standard InChI is InChI=1S/C37H27BrN2O7/c1-17-13-27(41)24-16-23-21(30(32(24)33(17)42)19-14-25(38)34(43)29(15-19)46-2)11-12-22-31(23)37(45)40(36(22)44)20-9-7-18(8-10-20)35-39-26-5-3-4-6-28(26)47-35/h3-11,13-15,22-23,30-31,43H,12,16H2,1-2H3. The van der Waals surface area contributed by atoms with Crippen LogP contribution in [-0.4, -0.2) is 40.6 Å². The van der Waals surface area contributed by atoms with Gasteiger partial charge in [0.15, 0.2) is 28.6 Å². The van der Waals surface area contributed by atoms with E-state index >= 15 is 0 Å². The maximum atomic E-state index is 14.3. The fourth-order valence-electron chi connectivity index (χ4n) is 7.66. The van der Waals surface area contributed by atoms with E-state index in [2.05, 4.69) is 20.9 Å². The number of ketones is 2. The molecule has 8 rings (SSSR count). The summed E-state index contributed by atoms with van der Waals surface area (Å²) in [6, 6.07) is 17.8. The molecular weight excluding hydrogens is 664 g/mol. The lowest BCUT2D eigenvalue weighted by Gasteiger charge is -2.42. The summed E-state index contributed by atoms with van der Waals surface area (Å²) in [6.45, 7) is 1.62. The van der Waals surface area contributed by atoms with Crippen LogP contribution >= 0.6 is 15.9 Å². The van der Waals surface area contributed by atoms with Crippen molar-refractivity contribution in [3.8, 4) is 23.0 Å². The number of allylic oxidation sites excluding steroid dienone is 6. The van der Waals surface area contributed by atoms with Gasteiger partial charge in [0.25, 0.3) is 0 Å². The Morgan fingerprint density at radius 2 is 1.77 bits per heavy atom. The van der Waals surface area contributed by atoms with Crippen LogP contribution in [0.4, 0.5) is 5.69 Å². The van der Waals surface area contributed by atoms with E-state index in [1.165, 1.54) is 18.1 Å². The number of hydrogen-bond acceptors (Lipinski definition) is 8. The SMILES string of the molecule is COc1cc(C2C3=CCC4C(=O)N(c5ccc(-c6nc7ccccc7o6)cc5)C(=O)C4C3CC3=C2C(=O)C(C)=CC3=O)cc(Br)c1O. The number of phenolic OH excluding ortho intramolecular Hbond substituents is 1. The summed E-state index contributed by atoms with van der Waals surface area (Å²) >= 11 is 3.40. The zero-order valence-electron chi connectivity index (χ0n) is 25.3. The number of oxazole rings is 1. The Morgan fingerprint density at radius 1 is 1.00 bits per heavy atom. The third kappa shape index (κ3) is 4.38. The van der Waals surface area contributed by atoms with E-state index in [0.29, 0.717) is 55.9 Å². The third-order valence-corrected chi connectivity index (χ3v) is 10.4. The summed E-state index contributed by atoms with van der Waals surface area (Å²) in [6.07, 6.45) is 3.80. The molecule has 3 aliphatic carbocycles. The van der Waals surface area contributed by atoms with Gasteiger partial charge in [-0.2, -0.15) is 0 Å². The summed E-state index contributed by atoms with van der Waals surface area (Å²) in [5, 5.41) is 10.5. The minimum Gasteiger partial charge on any atom is -0.503 e. The van der Waals surface area contributed by atoms with Gasteiger partial charge in [-0.3, -0.25) is 24.1 Å². The molecule has 1 saturated heterocycles. The molecule has 1 N–H and O–H groups in total. The molecule has 4 atom stereocenters. The van der Waals surface area contributed by atoms with Gasteiger partial charge in [-0.1, -0.05) is 23.8 Å². The van der Waals surface area contributed by atoms with Crippen LogP contribution in [0.25, 0.3) is 22.6 Å². The fraction of sp³-hybridized carbons (Fsp3) is 0.216. The highest BCUT2D eigenvalue weighted by Gasteiger charge is 2.56. The number of ether oxygens (including phenoxy) is 1. The smallest absolute Gasteiger partial charge is 0.238 e. The molecule has 3 aromatic carbocycles. The van der Waals surface area contributed by atoms with Gasteiger partial charge in [0, 0.05) is 28.2 Å². The maximum Gasteiger partial charge on any atom is 0.238 e. The van der Waals surface area contributed by atoms with Gasteiger partial charge < -0.3 is 14.3 Å². The summed E-state index contributed by atoms with van der Waals surface area (Å²) < 4.78 is 11.7. The molecule has 4 aliphatic rings. The number of carbonyl (C=O) groups is 4. The highest BCUT2D eigenvalue weighted by molar-refractivity contribution is 9.10. The lowest BCUT2D eigenvalue weighted by Crippen LogP contribution is -2.39. The molecule has 0 spiro atoms. The number of imide groups is 1. The Hall–Kier alpha value is -5.09. The summed E-state index contributed by atoms with van der Waals surface area (Å²) in [7, 11) is 1.43. The van der Waals surface area contributed by atoms with Crippen molar-refractivity contribution in [1.29, 1.82) is 0 Å². The fourth-order valence-corrected chi connectivity index (χ4v) is 8.12. The van der Waals surface area contributed by atoms with Gasteiger partial charge in [-0.05, 0) is 102 Å². The van der Waals surface area contributed by atoms with E-state index in [-0.39, 0.29) is 41.3 Å². The first kappa shape index (κ1) is 29.3. The number of hydrogen-bond donors (Lipinski definition) is 1. The van der Waals surface area contributed by atoms with Crippen molar-refractivity contribution in [2.75, 3.05) is 12.0 Å². The molecule has 4 unspecified atom stereocenters. The monoisotopic (exact) mass is 690 g/mol. The zero-order valence-corrected chi connectivity index (χ0v) is 26.9. The highest BCUT2D eigenvalue weighted by Crippen LogP contribution is 2.56. The van der Waals surface area contributed by atoms with Crippen molar-refractivity contribution in [3.63, 3.8) is 0 Å². The van der Waals surface area contributed by atoms with Gasteiger partial charge in [0.05, 0.1) is 29.1 Å². The lowest BCUT2D eigenvalue weighted by atomic mass is 9.59.